The molecule has 1 saturated carbocycles. The Balaban J connectivity index is 1.91. The van der Waals surface area contributed by atoms with Crippen molar-refractivity contribution in [3.63, 3.8) is 0 Å². The van der Waals surface area contributed by atoms with E-state index in [4.69, 9.17) is 10.5 Å². The molecule has 1 aliphatic carbocycles. The zero-order valence-corrected chi connectivity index (χ0v) is 16.4. The zero-order valence-electron chi connectivity index (χ0n) is 16.4. The predicted molar refractivity (Wildman–Crippen MR) is 104 cm³/mol. The first kappa shape index (κ1) is 21.8. The summed E-state index contributed by atoms with van der Waals surface area (Å²) in [4.78, 5) is 39.6. The number of nitrogens with zero attached hydrogens (tertiary/aromatic N) is 1. The van der Waals surface area contributed by atoms with E-state index in [9.17, 15) is 14.4 Å². The molecule has 1 aromatic rings. The molecule has 0 spiro atoms. The van der Waals surface area contributed by atoms with Gasteiger partial charge in [0.2, 0.25) is 17.7 Å². The van der Waals surface area contributed by atoms with Crippen LogP contribution < -0.4 is 16.4 Å². The van der Waals surface area contributed by atoms with Crippen LogP contribution in [0.5, 0.6) is 0 Å². The molecule has 0 aromatic carbocycles. The van der Waals surface area contributed by atoms with Crippen LogP contribution in [0.1, 0.15) is 44.6 Å². The summed E-state index contributed by atoms with van der Waals surface area (Å²) in [6.07, 6.45) is 7.01. The SMILES string of the molecule is CCCO[C@@H]1CC[C@H](C(=O)NCC(N)=O)C[C@H]1NC(=O)CCc1ccncc1. The van der Waals surface area contributed by atoms with Crippen LogP contribution >= 0.6 is 0 Å². The summed E-state index contributed by atoms with van der Waals surface area (Å²) in [6, 6.07) is 3.55. The van der Waals surface area contributed by atoms with Crippen molar-refractivity contribution in [3.05, 3.63) is 30.1 Å². The maximum Gasteiger partial charge on any atom is 0.236 e. The lowest BCUT2D eigenvalue weighted by Crippen LogP contribution is -2.51. The number of pyridine rings is 1. The highest BCUT2D eigenvalue weighted by atomic mass is 16.5. The van der Waals surface area contributed by atoms with Gasteiger partial charge in [0, 0.05) is 31.3 Å². The minimum Gasteiger partial charge on any atom is -0.376 e. The molecule has 4 N–H and O–H groups in total. The Hall–Kier alpha value is -2.48. The third kappa shape index (κ3) is 7.26. The van der Waals surface area contributed by atoms with Gasteiger partial charge in [0.05, 0.1) is 18.7 Å². The first-order valence-corrected chi connectivity index (χ1v) is 9.85. The highest BCUT2D eigenvalue weighted by Crippen LogP contribution is 2.27. The van der Waals surface area contributed by atoms with Crippen molar-refractivity contribution < 1.29 is 19.1 Å². The number of nitrogens with two attached hydrogens (primary N) is 1. The van der Waals surface area contributed by atoms with Gasteiger partial charge in [-0.15, -0.1) is 0 Å². The minimum absolute atomic E-state index is 0.0647. The predicted octanol–water partition coefficient (Wildman–Crippen LogP) is 0.696. The van der Waals surface area contributed by atoms with E-state index in [1.165, 1.54) is 0 Å². The summed E-state index contributed by atoms with van der Waals surface area (Å²) in [5.41, 5.74) is 6.14. The van der Waals surface area contributed by atoms with E-state index in [1.807, 2.05) is 19.1 Å². The van der Waals surface area contributed by atoms with Gasteiger partial charge in [-0.2, -0.15) is 0 Å². The molecule has 154 valence electrons. The molecular weight excluding hydrogens is 360 g/mol. The lowest BCUT2D eigenvalue weighted by Gasteiger charge is -2.36. The fourth-order valence-electron chi connectivity index (χ4n) is 3.41. The number of aromatic nitrogens is 1. The van der Waals surface area contributed by atoms with E-state index in [2.05, 4.69) is 15.6 Å². The number of hydrogen-bond acceptors (Lipinski definition) is 5. The Labute approximate surface area is 165 Å². The van der Waals surface area contributed by atoms with Gasteiger partial charge in [0.15, 0.2) is 0 Å². The summed E-state index contributed by atoms with van der Waals surface area (Å²) >= 11 is 0. The molecule has 28 heavy (non-hydrogen) atoms. The normalized spacial score (nSPS) is 21.7. The van der Waals surface area contributed by atoms with Crippen molar-refractivity contribution in [2.75, 3.05) is 13.2 Å². The lowest BCUT2D eigenvalue weighted by molar-refractivity contribution is -0.131. The second kappa shape index (κ2) is 11.4. The molecule has 0 aliphatic heterocycles. The summed E-state index contributed by atoms with van der Waals surface area (Å²) < 4.78 is 5.91. The Bertz CT molecular complexity index is 653. The number of primary amides is 1. The highest BCUT2D eigenvalue weighted by molar-refractivity contribution is 5.85. The lowest BCUT2D eigenvalue weighted by atomic mass is 9.83. The maximum atomic E-state index is 12.5. The van der Waals surface area contributed by atoms with Crippen LogP contribution in [0.2, 0.25) is 0 Å². The van der Waals surface area contributed by atoms with Gasteiger partial charge in [-0.3, -0.25) is 19.4 Å². The molecule has 3 amide bonds. The van der Waals surface area contributed by atoms with Gasteiger partial charge in [-0.1, -0.05) is 6.92 Å². The van der Waals surface area contributed by atoms with E-state index >= 15 is 0 Å². The van der Waals surface area contributed by atoms with Crippen LogP contribution in [0.25, 0.3) is 0 Å². The summed E-state index contributed by atoms with van der Waals surface area (Å²) in [5, 5.41) is 5.60. The Kier molecular flexibility index (Phi) is 8.87. The average Bonchev–Trinajstić information content (AvgIpc) is 2.70. The molecule has 0 bridgehead atoms. The smallest absolute Gasteiger partial charge is 0.236 e. The monoisotopic (exact) mass is 390 g/mol. The van der Waals surface area contributed by atoms with E-state index in [-0.39, 0.29) is 36.4 Å². The second-order valence-corrected chi connectivity index (χ2v) is 7.13. The highest BCUT2D eigenvalue weighted by Gasteiger charge is 2.35. The molecule has 1 aromatic heterocycles. The van der Waals surface area contributed by atoms with Gasteiger partial charge in [0.1, 0.15) is 0 Å². The molecule has 1 fully saturated rings. The van der Waals surface area contributed by atoms with Crippen molar-refractivity contribution in [1.29, 1.82) is 0 Å². The van der Waals surface area contributed by atoms with Crippen molar-refractivity contribution in [2.24, 2.45) is 11.7 Å². The molecule has 8 nitrogen and oxygen atoms in total. The molecule has 1 aliphatic rings. The number of rotatable bonds is 10. The van der Waals surface area contributed by atoms with Crippen molar-refractivity contribution in [1.82, 2.24) is 15.6 Å². The summed E-state index contributed by atoms with van der Waals surface area (Å²) in [7, 11) is 0. The summed E-state index contributed by atoms with van der Waals surface area (Å²) in [6.45, 7) is 2.48. The third-order valence-corrected chi connectivity index (χ3v) is 4.87. The number of amides is 3. The Morgan fingerprint density at radius 1 is 1.25 bits per heavy atom. The first-order valence-electron chi connectivity index (χ1n) is 9.85. The standard InChI is InChI=1S/C20H30N4O4/c1-2-11-28-17-5-4-15(20(27)23-13-18(21)25)12-16(17)24-19(26)6-3-14-7-9-22-10-8-14/h7-10,15-17H,2-6,11-13H2,1H3,(H2,21,25)(H,23,27)(H,24,26)/t15-,16+,17+/m0/s1. The fourth-order valence-corrected chi connectivity index (χ4v) is 3.41. The number of carbonyl (C=O) groups is 3. The Morgan fingerprint density at radius 2 is 2.00 bits per heavy atom. The van der Waals surface area contributed by atoms with E-state index in [0.29, 0.717) is 38.7 Å². The molecule has 8 heteroatoms. The molecule has 0 unspecified atom stereocenters. The molecule has 3 atom stereocenters. The largest absolute Gasteiger partial charge is 0.376 e. The van der Waals surface area contributed by atoms with Crippen LogP contribution in [0, 0.1) is 5.92 Å². The van der Waals surface area contributed by atoms with E-state index < -0.39 is 5.91 Å². The summed E-state index contributed by atoms with van der Waals surface area (Å²) in [5.74, 6) is -1.12. The van der Waals surface area contributed by atoms with Crippen LogP contribution in [0.15, 0.2) is 24.5 Å². The number of hydrogen-bond donors (Lipinski definition) is 3. The van der Waals surface area contributed by atoms with E-state index in [1.54, 1.807) is 12.4 Å². The maximum absolute atomic E-state index is 12.5. The fraction of sp³-hybridized carbons (Fsp3) is 0.600. The van der Waals surface area contributed by atoms with Crippen LogP contribution in [0.4, 0.5) is 0 Å². The second-order valence-electron chi connectivity index (χ2n) is 7.13. The van der Waals surface area contributed by atoms with Crippen LogP contribution in [-0.2, 0) is 25.5 Å². The van der Waals surface area contributed by atoms with Crippen molar-refractivity contribution in [2.45, 2.75) is 57.6 Å². The number of carbonyl (C=O) groups excluding carboxylic acids is 3. The number of nitrogens with one attached hydrogen (secondary N) is 2. The molecule has 0 radical (unpaired) electrons. The topological polar surface area (TPSA) is 123 Å². The molecule has 0 saturated heterocycles. The quantitative estimate of drug-likeness (QED) is 0.542. The Morgan fingerprint density at radius 3 is 2.68 bits per heavy atom. The number of aryl methyl sites for hydroxylation is 1. The van der Waals surface area contributed by atoms with E-state index in [0.717, 1.165) is 12.0 Å². The van der Waals surface area contributed by atoms with Gasteiger partial charge < -0.3 is 21.1 Å². The zero-order chi connectivity index (χ0) is 20.4. The van der Waals surface area contributed by atoms with Crippen LogP contribution in [-0.4, -0.2) is 48.0 Å². The van der Waals surface area contributed by atoms with Crippen molar-refractivity contribution >= 4 is 17.7 Å². The van der Waals surface area contributed by atoms with Gasteiger partial charge in [-0.05, 0) is 49.8 Å². The molecule has 2 rings (SSSR count). The van der Waals surface area contributed by atoms with Crippen molar-refractivity contribution in [3.8, 4) is 0 Å². The van der Waals surface area contributed by atoms with Gasteiger partial charge >= 0.3 is 0 Å². The molecule has 1 heterocycles. The molecular formula is C20H30N4O4. The number of ether oxygens (including phenoxy) is 1. The van der Waals surface area contributed by atoms with Crippen LogP contribution in [0.3, 0.4) is 0 Å². The first-order chi connectivity index (χ1) is 13.5. The minimum atomic E-state index is -0.575. The average molecular weight is 390 g/mol. The third-order valence-electron chi connectivity index (χ3n) is 4.87. The van der Waals surface area contributed by atoms with Gasteiger partial charge in [0.25, 0.3) is 0 Å². The van der Waals surface area contributed by atoms with Gasteiger partial charge in [-0.25, -0.2) is 0 Å².